The summed E-state index contributed by atoms with van der Waals surface area (Å²) in [6.45, 7) is 8.20. The number of nitrogens with zero attached hydrogens (tertiary/aromatic N) is 2. The maximum Gasteiger partial charge on any atom is 0.338 e. The highest BCUT2D eigenvalue weighted by Crippen LogP contribution is 2.31. The number of anilines is 1. The van der Waals surface area contributed by atoms with Gasteiger partial charge in [0, 0.05) is 43.4 Å². The first kappa shape index (κ1) is 24.9. The van der Waals surface area contributed by atoms with Crippen LogP contribution >= 0.6 is 11.6 Å². The second-order valence-electron chi connectivity index (χ2n) is 8.36. The summed E-state index contributed by atoms with van der Waals surface area (Å²) in [7, 11) is 0. The fourth-order valence-electron chi connectivity index (χ4n) is 4.46. The number of carbonyl (C=O) groups is 2. The molecular formula is C26H31ClN4O4. The van der Waals surface area contributed by atoms with Gasteiger partial charge in [-0.25, -0.2) is 9.59 Å². The average Bonchev–Trinajstić information content (AvgIpc) is 2.85. The molecule has 35 heavy (non-hydrogen) atoms. The highest BCUT2D eigenvalue weighted by Gasteiger charge is 2.34. The van der Waals surface area contributed by atoms with Crippen molar-refractivity contribution in [2.75, 3.05) is 50.8 Å². The van der Waals surface area contributed by atoms with E-state index in [0.29, 0.717) is 29.4 Å². The number of nitrogens with one attached hydrogen (secondary N) is 2. The Morgan fingerprint density at radius 2 is 1.74 bits per heavy atom. The molecule has 0 bridgehead atoms. The first-order valence-corrected chi connectivity index (χ1v) is 12.3. The number of piperazine rings is 1. The number of ether oxygens (including phenoxy) is 2. The van der Waals surface area contributed by atoms with Crippen LogP contribution in [-0.4, -0.2) is 62.8 Å². The van der Waals surface area contributed by atoms with Gasteiger partial charge in [0.1, 0.15) is 5.75 Å². The quantitative estimate of drug-likeness (QED) is 0.540. The van der Waals surface area contributed by atoms with E-state index in [0.717, 1.165) is 43.2 Å². The van der Waals surface area contributed by atoms with Crippen LogP contribution in [0.3, 0.4) is 0 Å². The second kappa shape index (κ2) is 11.5. The summed E-state index contributed by atoms with van der Waals surface area (Å²) in [6, 6.07) is 14.2. The number of halogens is 1. The topological polar surface area (TPSA) is 83.1 Å². The highest BCUT2D eigenvalue weighted by atomic mass is 35.5. The van der Waals surface area contributed by atoms with E-state index in [4.69, 9.17) is 21.1 Å². The van der Waals surface area contributed by atoms with Crippen molar-refractivity contribution in [2.24, 2.45) is 0 Å². The van der Waals surface area contributed by atoms with Crippen LogP contribution in [0.5, 0.6) is 5.75 Å². The lowest BCUT2D eigenvalue weighted by atomic mass is 9.95. The Labute approximate surface area is 210 Å². The summed E-state index contributed by atoms with van der Waals surface area (Å²) < 4.78 is 11.2. The minimum absolute atomic E-state index is 0.245. The largest absolute Gasteiger partial charge is 0.492 e. The van der Waals surface area contributed by atoms with Gasteiger partial charge in [-0.1, -0.05) is 35.9 Å². The number of benzene rings is 2. The van der Waals surface area contributed by atoms with Gasteiger partial charge in [-0.3, -0.25) is 4.90 Å². The van der Waals surface area contributed by atoms with Gasteiger partial charge in [0.2, 0.25) is 0 Å². The van der Waals surface area contributed by atoms with E-state index in [2.05, 4.69) is 26.5 Å². The molecule has 2 amide bonds. The van der Waals surface area contributed by atoms with Crippen LogP contribution in [0.4, 0.5) is 10.5 Å². The van der Waals surface area contributed by atoms with Crippen molar-refractivity contribution in [3.8, 4) is 5.75 Å². The second-order valence-corrected chi connectivity index (χ2v) is 8.80. The summed E-state index contributed by atoms with van der Waals surface area (Å²) in [4.78, 5) is 30.1. The van der Waals surface area contributed by atoms with Crippen LogP contribution in [0, 0.1) is 0 Å². The Balaban J connectivity index is 1.54. The molecule has 0 unspecified atom stereocenters. The maximum atomic E-state index is 13.0. The summed E-state index contributed by atoms with van der Waals surface area (Å²) >= 11 is 6.05. The molecule has 2 heterocycles. The van der Waals surface area contributed by atoms with E-state index in [-0.39, 0.29) is 12.6 Å². The third-order valence-corrected chi connectivity index (χ3v) is 6.36. The van der Waals surface area contributed by atoms with Gasteiger partial charge in [-0.05, 0) is 43.7 Å². The van der Waals surface area contributed by atoms with Gasteiger partial charge in [0.05, 0.1) is 30.5 Å². The zero-order valence-corrected chi connectivity index (χ0v) is 20.8. The molecule has 1 atom stereocenters. The number of rotatable bonds is 8. The van der Waals surface area contributed by atoms with Gasteiger partial charge < -0.3 is 25.0 Å². The van der Waals surface area contributed by atoms with E-state index >= 15 is 0 Å². The van der Waals surface area contributed by atoms with Crippen LogP contribution in [0.15, 0.2) is 59.8 Å². The molecule has 0 spiro atoms. The summed E-state index contributed by atoms with van der Waals surface area (Å²) in [6.07, 6.45) is 0. The van der Waals surface area contributed by atoms with Crippen molar-refractivity contribution in [1.29, 1.82) is 0 Å². The van der Waals surface area contributed by atoms with Crippen molar-refractivity contribution >= 4 is 29.3 Å². The number of carbonyl (C=O) groups excluding carboxylic acids is 2. The smallest absolute Gasteiger partial charge is 0.338 e. The maximum absolute atomic E-state index is 13.0. The van der Waals surface area contributed by atoms with E-state index in [1.54, 1.807) is 19.1 Å². The van der Waals surface area contributed by atoms with Crippen LogP contribution < -0.4 is 20.3 Å². The first-order chi connectivity index (χ1) is 17.0. The molecule has 0 aliphatic carbocycles. The van der Waals surface area contributed by atoms with Crippen LogP contribution in [0.1, 0.15) is 25.5 Å². The van der Waals surface area contributed by atoms with Crippen LogP contribution in [-0.2, 0) is 9.53 Å². The Morgan fingerprint density at radius 3 is 2.43 bits per heavy atom. The summed E-state index contributed by atoms with van der Waals surface area (Å²) in [5.41, 5.74) is 2.83. The van der Waals surface area contributed by atoms with Gasteiger partial charge in [-0.15, -0.1) is 0 Å². The Kier molecular flexibility index (Phi) is 8.15. The zero-order chi connectivity index (χ0) is 24.8. The molecule has 2 aromatic carbocycles. The van der Waals surface area contributed by atoms with Crippen LogP contribution in [0.25, 0.3) is 0 Å². The Morgan fingerprint density at radius 1 is 1.03 bits per heavy atom. The van der Waals surface area contributed by atoms with E-state index in [1.165, 1.54) is 0 Å². The normalized spacial score (nSPS) is 18.7. The Hall–Kier alpha value is -3.23. The predicted molar refractivity (Wildman–Crippen MR) is 136 cm³/mol. The molecule has 1 saturated heterocycles. The number of amides is 2. The number of hydrogen-bond acceptors (Lipinski definition) is 6. The molecule has 2 aliphatic rings. The minimum atomic E-state index is -0.616. The predicted octanol–water partition coefficient (Wildman–Crippen LogP) is 3.73. The average molecular weight is 499 g/mol. The fourth-order valence-corrected chi connectivity index (χ4v) is 4.59. The molecule has 2 N–H and O–H groups in total. The lowest BCUT2D eigenvalue weighted by Gasteiger charge is -2.38. The SMILES string of the molecule is CCOC(=O)C1=C(CN2CCN(c3ccccc3OCC)CC2)NC(=O)N[C@H]1c1ccc(Cl)cc1. The molecule has 2 aliphatic heterocycles. The van der Waals surface area contributed by atoms with E-state index in [1.807, 2.05) is 37.3 Å². The number of urea groups is 1. The lowest BCUT2D eigenvalue weighted by molar-refractivity contribution is -0.139. The van der Waals surface area contributed by atoms with Gasteiger partial charge in [-0.2, -0.15) is 0 Å². The first-order valence-electron chi connectivity index (χ1n) is 11.9. The third-order valence-electron chi connectivity index (χ3n) is 6.11. The molecule has 0 radical (unpaired) electrons. The lowest BCUT2D eigenvalue weighted by Crippen LogP contribution is -2.51. The van der Waals surface area contributed by atoms with Crippen molar-refractivity contribution in [3.63, 3.8) is 0 Å². The molecule has 1 fully saturated rings. The zero-order valence-electron chi connectivity index (χ0n) is 20.1. The van der Waals surface area contributed by atoms with E-state index in [9.17, 15) is 9.59 Å². The van der Waals surface area contributed by atoms with Crippen molar-refractivity contribution in [2.45, 2.75) is 19.9 Å². The fraction of sp³-hybridized carbons (Fsp3) is 0.385. The van der Waals surface area contributed by atoms with Gasteiger partial charge in [0.25, 0.3) is 0 Å². The van der Waals surface area contributed by atoms with Gasteiger partial charge >= 0.3 is 12.0 Å². The monoisotopic (exact) mass is 498 g/mol. The Bertz CT molecular complexity index is 1080. The van der Waals surface area contributed by atoms with Crippen molar-refractivity contribution in [1.82, 2.24) is 15.5 Å². The van der Waals surface area contributed by atoms with Crippen molar-refractivity contribution < 1.29 is 19.1 Å². The van der Waals surface area contributed by atoms with E-state index < -0.39 is 12.0 Å². The molecule has 2 aromatic rings. The standard InChI is InChI=1S/C26H31ClN4O4/c1-3-34-22-8-6-5-7-21(22)31-15-13-30(14-16-31)17-20-23(25(32)35-4-2)24(29-26(33)28-20)18-9-11-19(27)12-10-18/h5-12,24H,3-4,13-17H2,1-2H3,(H2,28,29,33)/t24-/m0/s1. The molecule has 8 nitrogen and oxygen atoms in total. The summed E-state index contributed by atoms with van der Waals surface area (Å²) in [5, 5.41) is 6.31. The molecular weight excluding hydrogens is 468 g/mol. The molecule has 4 rings (SSSR count). The van der Waals surface area contributed by atoms with Crippen molar-refractivity contribution in [3.05, 3.63) is 70.4 Å². The number of hydrogen-bond donors (Lipinski definition) is 2. The van der Waals surface area contributed by atoms with Crippen LogP contribution in [0.2, 0.25) is 5.02 Å². The minimum Gasteiger partial charge on any atom is -0.492 e. The molecule has 0 aromatic heterocycles. The summed E-state index contributed by atoms with van der Waals surface area (Å²) in [5.74, 6) is 0.436. The molecule has 0 saturated carbocycles. The number of para-hydroxylation sites is 2. The molecule has 186 valence electrons. The third kappa shape index (κ3) is 5.89. The molecule has 9 heteroatoms. The van der Waals surface area contributed by atoms with Gasteiger partial charge in [0.15, 0.2) is 0 Å². The number of esters is 1. The highest BCUT2D eigenvalue weighted by molar-refractivity contribution is 6.30.